The third kappa shape index (κ3) is 2.66. The van der Waals surface area contributed by atoms with E-state index in [1.54, 1.807) is 0 Å². The van der Waals surface area contributed by atoms with E-state index < -0.39 is 0 Å². The van der Waals surface area contributed by atoms with Gasteiger partial charge in [0, 0.05) is 24.7 Å². The first-order valence-electron chi connectivity index (χ1n) is 7.43. The molecule has 4 nitrogen and oxygen atoms in total. The van der Waals surface area contributed by atoms with Gasteiger partial charge in [-0.05, 0) is 50.9 Å². The van der Waals surface area contributed by atoms with Gasteiger partial charge in [0.05, 0.1) is 6.10 Å². The van der Waals surface area contributed by atoms with Gasteiger partial charge in [-0.2, -0.15) is 0 Å². The Hall–Kier alpha value is -1.55. The Bertz CT molecular complexity index is 489. The van der Waals surface area contributed by atoms with Crippen molar-refractivity contribution in [1.29, 1.82) is 0 Å². The number of carbonyl (C=O) groups is 1. The molecule has 2 heterocycles. The summed E-state index contributed by atoms with van der Waals surface area (Å²) in [5.41, 5.74) is 0.725. The van der Waals surface area contributed by atoms with Crippen LogP contribution in [0.5, 0.6) is 5.75 Å². The first kappa shape index (κ1) is 13.4. The summed E-state index contributed by atoms with van der Waals surface area (Å²) in [6.45, 7) is 6.78. The third-order valence-electron chi connectivity index (χ3n) is 4.10. The van der Waals surface area contributed by atoms with E-state index in [2.05, 4.69) is 5.32 Å². The van der Waals surface area contributed by atoms with Crippen molar-refractivity contribution >= 4 is 5.91 Å². The van der Waals surface area contributed by atoms with Gasteiger partial charge < -0.3 is 15.0 Å². The van der Waals surface area contributed by atoms with Gasteiger partial charge in [-0.3, -0.25) is 4.79 Å². The van der Waals surface area contributed by atoms with E-state index in [1.807, 2.05) is 43.0 Å². The molecule has 0 unspecified atom stereocenters. The number of nitrogens with one attached hydrogen (secondary N) is 1. The van der Waals surface area contributed by atoms with Crippen LogP contribution < -0.4 is 10.1 Å². The molecule has 2 fully saturated rings. The zero-order valence-corrected chi connectivity index (χ0v) is 12.1. The zero-order chi connectivity index (χ0) is 14.1. The maximum absolute atomic E-state index is 12.6. The SMILES string of the molecule is CC(C)Oc1cccc(C(=O)N2C[C@@H]3CCN[C@@H]3C2)c1. The van der Waals surface area contributed by atoms with Crippen molar-refractivity contribution in [3.05, 3.63) is 29.8 Å². The van der Waals surface area contributed by atoms with E-state index >= 15 is 0 Å². The molecule has 0 aliphatic carbocycles. The van der Waals surface area contributed by atoms with E-state index in [9.17, 15) is 4.79 Å². The lowest BCUT2D eigenvalue weighted by Gasteiger charge is -2.18. The van der Waals surface area contributed by atoms with Gasteiger partial charge >= 0.3 is 0 Å². The summed E-state index contributed by atoms with van der Waals surface area (Å²) in [4.78, 5) is 14.5. The first-order chi connectivity index (χ1) is 9.63. The Morgan fingerprint density at radius 3 is 3.00 bits per heavy atom. The maximum atomic E-state index is 12.6. The smallest absolute Gasteiger partial charge is 0.254 e. The predicted molar refractivity (Wildman–Crippen MR) is 78.0 cm³/mol. The van der Waals surface area contributed by atoms with Crippen molar-refractivity contribution in [3.63, 3.8) is 0 Å². The van der Waals surface area contributed by atoms with Crippen molar-refractivity contribution in [3.8, 4) is 5.75 Å². The van der Waals surface area contributed by atoms with Crippen molar-refractivity contribution in [2.45, 2.75) is 32.4 Å². The molecule has 0 aromatic heterocycles. The van der Waals surface area contributed by atoms with Crippen LogP contribution >= 0.6 is 0 Å². The third-order valence-corrected chi connectivity index (χ3v) is 4.10. The second kappa shape index (κ2) is 5.44. The average Bonchev–Trinajstić information content (AvgIpc) is 2.98. The zero-order valence-electron chi connectivity index (χ0n) is 12.1. The molecule has 20 heavy (non-hydrogen) atoms. The second-order valence-electron chi connectivity index (χ2n) is 6.01. The number of rotatable bonds is 3. The molecule has 2 saturated heterocycles. The van der Waals surface area contributed by atoms with Crippen LogP contribution in [0.3, 0.4) is 0 Å². The molecule has 1 aromatic rings. The molecule has 1 N–H and O–H groups in total. The molecule has 0 spiro atoms. The molecule has 0 saturated carbocycles. The minimum atomic E-state index is 0.121. The van der Waals surface area contributed by atoms with Crippen molar-refractivity contribution in [1.82, 2.24) is 10.2 Å². The first-order valence-corrected chi connectivity index (χ1v) is 7.43. The number of amides is 1. The van der Waals surface area contributed by atoms with Gasteiger partial charge in [0.25, 0.3) is 5.91 Å². The number of carbonyl (C=O) groups excluding carboxylic acids is 1. The van der Waals surface area contributed by atoms with E-state index in [-0.39, 0.29) is 12.0 Å². The molecular formula is C16H22N2O2. The quantitative estimate of drug-likeness (QED) is 0.915. The van der Waals surface area contributed by atoms with Gasteiger partial charge in [0.15, 0.2) is 0 Å². The Morgan fingerprint density at radius 2 is 2.25 bits per heavy atom. The molecule has 2 atom stereocenters. The van der Waals surface area contributed by atoms with Crippen LogP contribution in [0.25, 0.3) is 0 Å². The van der Waals surface area contributed by atoms with E-state index in [0.717, 1.165) is 30.9 Å². The highest BCUT2D eigenvalue weighted by molar-refractivity contribution is 5.94. The Balaban J connectivity index is 1.71. The molecule has 2 aliphatic heterocycles. The molecule has 3 rings (SSSR count). The van der Waals surface area contributed by atoms with Crippen LogP contribution in [0.4, 0.5) is 0 Å². The monoisotopic (exact) mass is 274 g/mol. The number of likely N-dealkylation sites (tertiary alicyclic amines) is 1. The summed E-state index contributed by atoms with van der Waals surface area (Å²) < 4.78 is 5.66. The highest BCUT2D eigenvalue weighted by atomic mass is 16.5. The second-order valence-corrected chi connectivity index (χ2v) is 6.01. The van der Waals surface area contributed by atoms with Crippen LogP contribution in [0.1, 0.15) is 30.6 Å². The minimum Gasteiger partial charge on any atom is -0.491 e. The molecule has 2 aliphatic rings. The van der Waals surface area contributed by atoms with Crippen LogP contribution in [0, 0.1) is 5.92 Å². The van der Waals surface area contributed by atoms with Crippen LogP contribution in [0.15, 0.2) is 24.3 Å². The van der Waals surface area contributed by atoms with Gasteiger partial charge in [-0.15, -0.1) is 0 Å². The Labute approximate surface area is 120 Å². The highest BCUT2D eigenvalue weighted by Gasteiger charge is 2.38. The molecule has 1 aromatic carbocycles. The number of hydrogen-bond donors (Lipinski definition) is 1. The van der Waals surface area contributed by atoms with Crippen LogP contribution in [-0.4, -0.2) is 42.6 Å². The number of ether oxygens (including phenoxy) is 1. The van der Waals surface area contributed by atoms with E-state index in [4.69, 9.17) is 4.74 Å². The fraction of sp³-hybridized carbons (Fsp3) is 0.562. The van der Waals surface area contributed by atoms with E-state index in [1.165, 1.54) is 6.42 Å². The standard InChI is InChI=1S/C16H22N2O2/c1-11(2)20-14-5-3-4-12(8-14)16(19)18-9-13-6-7-17-15(13)10-18/h3-5,8,11,13,15,17H,6-7,9-10H2,1-2H3/t13-,15+/m0/s1. The molecule has 108 valence electrons. The molecular weight excluding hydrogens is 252 g/mol. The lowest BCUT2D eigenvalue weighted by molar-refractivity contribution is 0.0782. The van der Waals surface area contributed by atoms with Gasteiger partial charge in [-0.25, -0.2) is 0 Å². The predicted octanol–water partition coefficient (Wildman–Crippen LogP) is 1.91. The normalized spacial score (nSPS) is 25.1. The van der Waals surface area contributed by atoms with Gasteiger partial charge in [0.1, 0.15) is 5.75 Å². The van der Waals surface area contributed by atoms with Crippen molar-refractivity contribution < 1.29 is 9.53 Å². The largest absolute Gasteiger partial charge is 0.491 e. The van der Waals surface area contributed by atoms with Crippen LogP contribution in [0.2, 0.25) is 0 Å². The fourth-order valence-electron chi connectivity index (χ4n) is 3.17. The summed E-state index contributed by atoms with van der Waals surface area (Å²) >= 11 is 0. The Kier molecular flexibility index (Phi) is 3.66. The minimum absolute atomic E-state index is 0.121. The molecule has 4 heteroatoms. The number of hydrogen-bond acceptors (Lipinski definition) is 3. The topological polar surface area (TPSA) is 41.6 Å². The number of benzene rings is 1. The van der Waals surface area contributed by atoms with Gasteiger partial charge in [-0.1, -0.05) is 6.07 Å². The molecule has 1 amide bonds. The summed E-state index contributed by atoms with van der Waals surface area (Å²) in [7, 11) is 0. The maximum Gasteiger partial charge on any atom is 0.254 e. The lowest BCUT2D eigenvalue weighted by Crippen LogP contribution is -2.33. The van der Waals surface area contributed by atoms with Crippen LogP contribution in [-0.2, 0) is 0 Å². The van der Waals surface area contributed by atoms with E-state index in [0.29, 0.717) is 12.0 Å². The Morgan fingerprint density at radius 1 is 1.40 bits per heavy atom. The number of fused-ring (bicyclic) bond motifs is 1. The van der Waals surface area contributed by atoms with Gasteiger partial charge in [0.2, 0.25) is 0 Å². The summed E-state index contributed by atoms with van der Waals surface area (Å²) in [5.74, 6) is 1.52. The van der Waals surface area contributed by atoms with Crippen molar-refractivity contribution in [2.24, 2.45) is 5.92 Å². The lowest BCUT2D eigenvalue weighted by atomic mass is 10.1. The van der Waals surface area contributed by atoms with Crippen molar-refractivity contribution in [2.75, 3.05) is 19.6 Å². The molecule has 0 bridgehead atoms. The highest BCUT2D eigenvalue weighted by Crippen LogP contribution is 2.26. The molecule has 0 radical (unpaired) electrons. The summed E-state index contributed by atoms with van der Waals surface area (Å²) in [5, 5.41) is 3.47. The fourth-order valence-corrected chi connectivity index (χ4v) is 3.17. The average molecular weight is 274 g/mol. The number of nitrogens with zero attached hydrogens (tertiary/aromatic N) is 1. The summed E-state index contributed by atoms with van der Waals surface area (Å²) in [6, 6.07) is 8.01. The summed E-state index contributed by atoms with van der Waals surface area (Å²) in [6.07, 6.45) is 1.31.